The molecule has 0 amide bonds. The Morgan fingerprint density at radius 1 is 1.00 bits per heavy atom. The first-order valence-electron chi connectivity index (χ1n) is 7.26. The molecule has 0 aliphatic carbocycles. The molecule has 0 bridgehead atoms. The van der Waals surface area contributed by atoms with E-state index in [4.69, 9.17) is 0 Å². The highest BCUT2D eigenvalue weighted by Crippen LogP contribution is 2.18. The first-order chi connectivity index (χ1) is 8.17. The molecule has 3 nitrogen and oxygen atoms in total. The molecule has 0 aliphatic rings. The third kappa shape index (κ3) is 6.39. The van der Waals surface area contributed by atoms with Gasteiger partial charge in [0.25, 0.3) is 0 Å². The minimum atomic E-state index is -0.0450. The molecule has 0 atom stereocenters. The fourth-order valence-electron chi connectivity index (χ4n) is 2.49. The number of nitrogens with one attached hydrogen (secondary N) is 1. The predicted molar refractivity (Wildman–Crippen MR) is 75.4 cm³/mol. The molecule has 17 heavy (non-hydrogen) atoms. The molecule has 0 fully saturated rings. The number of aliphatic hydroxyl groups excluding tert-OH is 1. The summed E-state index contributed by atoms with van der Waals surface area (Å²) in [7, 11) is 0. The van der Waals surface area contributed by atoms with Crippen LogP contribution in [-0.2, 0) is 0 Å². The molecule has 0 radical (unpaired) electrons. The Hall–Kier alpha value is -0.120. The Morgan fingerprint density at radius 2 is 1.53 bits per heavy atom. The standard InChI is InChI=1S/C14H32N2O/c1-5-9-14(13-17,10-6-2)15-11-12-16(7-3)8-4/h15,17H,5-13H2,1-4H3. The van der Waals surface area contributed by atoms with E-state index in [2.05, 4.69) is 37.9 Å². The Bertz CT molecular complexity index is 164. The minimum absolute atomic E-state index is 0.0450. The summed E-state index contributed by atoms with van der Waals surface area (Å²) in [5.41, 5.74) is -0.0450. The number of rotatable bonds is 11. The molecule has 0 saturated heterocycles. The fourth-order valence-corrected chi connectivity index (χ4v) is 2.49. The summed E-state index contributed by atoms with van der Waals surface area (Å²) in [6.07, 6.45) is 4.38. The Kier molecular flexibility index (Phi) is 9.79. The van der Waals surface area contributed by atoms with Crippen LogP contribution in [-0.4, -0.2) is 48.3 Å². The van der Waals surface area contributed by atoms with Crippen LogP contribution in [0.1, 0.15) is 53.4 Å². The normalized spacial score (nSPS) is 12.4. The number of aliphatic hydroxyl groups is 1. The molecular formula is C14H32N2O. The van der Waals surface area contributed by atoms with Gasteiger partial charge in [0.2, 0.25) is 0 Å². The van der Waals surface area contributed by atoms with Crippen LogP contribution in [0, 0.1) is 0 Å². The Balaban J connectivity index is 4.14. The highest BCUT2D eigenvalue weighted by molar-refractivity contribution is 4.86. The average molecular weight is 244 g/mol. The molecular weight excluding hydrogens is 212 g/mol. The van der Waals surface area contributed by atoms with Crippen molar-refractivity contribution in [2.75, 3.05) is 32.8 Å². The third-order valence-electron chi connectivity index (χ3n) is 3.58. The molecule has 0 aromatic carbocycles. The zero-order chi connectivity index (χ0) is 13.1. The smallest absolute Gasteiger partial charge is 0.0613 e. The van der Waals surface area contributed by atoms with E-state index < -0.39 is 0 Å². The summed E-state index contributed by atoms with van der Waals surface area (Å²) in [5.74, 6) is 0. The van der Waals surface area contributed by atoms with Gasteiger partial charge in [0.05, 0.1) is 6.61 Å². The van der Waals surface area contributed by atoms with Gasteiger partial charge in [-0.3, -0.25) is 0 Å². The van der Waals surface area contributed by atoms with Gasteiger partial charge in [-0.05, 0) is 25.9 Å². The second-order valence-corrected chi connectivity index (χ2v) is 4.89. The third-order valence-corrected chi connectivity index (χ3v) is 3.58. The molecule has 2 N–H and O–H groups in total. The van der Waals surface area contributed by atoms with Gasteiger partial charge < -0.3 is 15.3 Å². The van der Waals surface area contributed by atoms with Crippen molar-refractivity contribution in [2.24, 2.45) is 0 Å². The molecule has 0 unspecified atom stereocenters. The van der Waals surface area contributed by atoms with Gasteiger partial charge in [-0.2, -0.15) is 0 Å². The molecule has 0 rings (SSSR count). The van der Waals surface area contributed by atoms with Crippen LogP contribution in [0.5, 0.6) is 0 Å². The maximum absolute atomic E-state index is 9.64. The average Bonchev–Trinajstić information content (AvgIpc) is 2.35. The number of hydrogen-bond donors (Lipinski definition) is 2. The van der Waals surface area contributed by atoms with E-state index in [1.54, 1.807) is 0 Å². The van der Waals surface area contributed by atoms with E-state index in [1.807, 2.05) is 0 Å². The molecule has 0 aliphatic heterocycles. The molecule has 0 aromatic heterocycles. The molecule has 0 spiro atoms. The van der Waals surface area contributed by atoms with Crippen LogP contribution in [0.3, 0.4) is 0 Å². The van der Waals surface area contributed by atoms with E-state index in [9.17, 15) is 5.11 Å². The maximum Gasteiger partial charge on any atom is 0.0613 e. The highest BCUT2D eigenvalue weighted by atomic mass is 16.3. The minimum Gasteiger partial charge on any atom is -0.394 e. The first kappa shape index (κ1) is 16.9. The summed E-state index contributed by atoms with van der Waals surface area (Å²) < 4.78 is 0. The predicted octanol–water partition coefficient (Wildman–Crippen LogP) is 2.25. The number of hydrogen-bond acceptors (Lipinski definition) is 3. The van der Waals surface area contributed by atoms with E-state index in [1.165, 1.54) is 0 Å². The summed E-state index contributed by atoms with van der Waals surface area (Å²) in [6.45, 7) is 13.3. The topological polar surface area (TPSA) is 35.5 Å². The number of likely N-dealkylation sites (N-methyl/N-ethyl adjacent to an activating group) is 1. The van der Waals surface area contributed by atoms with Crippen molar-refractivity contribution in [1.29, 1.82) is 0 Å². The maximum atomic E-state index is 9.64. The number of nitrogens with zero attached hydrogens (tertiary/aromatic N) is 1. The van der Waals surface area contributed by atoms with Crippen molar-refractivity contribution in [1.82, 2.24) is 10.2 Å². The molecule has 0 heterocycles. The Morgan fingerprint density at radius 3 is 1.88 bits per heavy atom. The monoisotopic (exact) mass is 244 g/mol. The van der Waals surface area contributed by atoms with Crippen molar-refractivity contribution in [2.45, 2.75) is 58.9 Å². The summed E-state index contributed by atoms with van der Waals surface area (Å²) >= 11 is 0. The van der Waals surface area contributed by atoms with Gasteiger partial charge in [0.1, 0.15) is 0 Å². The van der Waals surface area contributed by atoms with E-state index in [0.717, 1.165) is 51.9 Å². The summed E-state index contributed by atoms with van der Waals surface area (Å²) in [4.78, 5) is 2.41. The Labute approximate surface area is 108 Å². The van der Waals surface area contributed by atoms with Gasteiger partial charge >= 0.3 is 0 Å². The van der Waals surface area contributed by atoms with E-state index in [0.29, 0.717) is 0 Å². The largest absolute Gasteiger partial charge is 0.394 e. The molecule has 104 valence electrons. The van der Waals surface area contributed by atoms with Crippen LogP contribution < -0.4 is 5.32 Å². The lowest BCUT2D eigenvalue weighted by Gasteiger charge is -2.34. The van der Waals surface area contributed by atoms with Gasteiger partial charge in [-0.1, -0.05) is 40.5 Å². The van der Waals surface area contributed by atoms with Crippen LogP contribution in [0.2, 0.25) is 0 Å². The zero-order valence-electron chi connectivity index (χ0n) is 12.3. The van der Waals surface area contributed by atoms with Crippen molar-refractivity contribution in [3.63, 3.8) is 0 Å². The van der Waals surface area contributed by atoms with E-state index in [-0.39, 0.29) is 12.1 Å². The van der Waals surface area contributed by atoms with Gasteiger partial charge in [-0.25, -0.2) is 0 Å². The van der Waals surface area contributed by atoms with Crippen LogP contribution in [0.25, 0.3) is 0 Å². The lowest BCUT2D eigenvalue weighted by molar-refractivity contribution is 0.135. The van der Waals surface area contributed by atoms with E-state index >= 15 is 0 Å². The van der Waals surface area contributed by atoms with Gasteiger partial charge in [0.15, 0.2) is 0 Å². The van der Waals surface area contributed by atoms with Crippen molar-refractivity contribution < 1.29 is 5.11 Å². The van der Waals surface area contributed by atoms with Crippen LogP contribution in [0.4, 0.5) is 0 Å². The van der Waals surface area contributed by atoms with Crippen LogP contribution >= 0.6 is 0 Å². The summed E-state index contributed by atoms with van der Waals surface area (Å²) in [6, 6.07) is 0. The van der Waals surface area contributed by atoms with Crippen molar-refractivity contribution in [3.05, 3.63) is 0 Å². The summed E-state index contributed by atoms with van der Waals surface area (Å²) in [5, 5.41) is 13.2. The van der Waals surface area contributed by atoms with Gasteiger partial charge in [-0.15, -0.1) is 0 Å². The first-order valence-corrected chi connectivity index (χ1v) is 7.26. The molecule has 0 saturated carbocycles. The zero-order valence-corrected chi connectivity index (χ0v) is 12.3. The SMILES string of the molecule is CCCC(CO)(CCC)NCCN(CC)CC. The second kappa shape index (κ2) is 9.86. The van der Waals surface area contributed by atoms with Gasteiger partial charge in [0, 0.05) is 18.6 Å². The lowest BCUT2D eigenvalue weighted by atomic mass is 9.89. The van der Waals surface area contributed by atoms with Crippen molar-refractivity contribution >= 4 is 0 Å². The highest BCUT2D eigenvalue weighted by Gasteiger charge is 2.26. The van der Waals surface area contributed by atoms with Crippen LogP contribution in [0.15, 0.2) is 0 Å². The molecule has 0 aromatic rings. The quantitative estimate of drug-likeness (QED) is 0.585. The fraction of sp³-hybridized carbons (Fsp3) is 1.00. The lowest BCUT2D eigenvalue weighted by Crippen LogP contribution is -2.50. The molecule has 3 heteroatoms. The van der Waals surface area contributed by atoms with Crippen molar-refractivity contribution in [3.8, 4) is 0 Å². The second-order valence-electron chi connectivity index (χ2n) is 4.89.